The van der Waals surface area contributed by atoms with Crippen LogP contribution in [0.25, 0.3) is 10.9 Å². The number of halogens is 2. The number of hydrogen-bond donors (Lipinski definition) is 2. The number of hydrogen-bond acceptors (Lipinski definition) is 7. The average Bonchev–Trinajstić information content (AvgIpc) is 3.19. The van der Waals surface area contributed by atoms with Crippen molar-refractivity contribution in [2.24, 2.45) is 0 Å². The number of rotatable bonds is 8. The van der Waals surface area contributed by atoms with Crippen LogP contribution in [0.3, 0.4) is 0 Å². The Balaban J connectivity index is 1.36. The molecule has 0 saturated carbocycles. The SMILES string of the molecule is N#C[C@@H]1CC(F)(F)CN1C(=O)CNC(=O)c1ccnc2ccc(OCCCN3CCNCC3)cc12. The molecule has 3 heterocycles. The summed E-state index contributed by atoms with van der Waals surface area (Å²) in [6.07, 6.45) is 1.66. The third kappa shape index (κ3) is 6.21. The van der Waals surface area contributed by atoms with Gasteiger partial charge in [-0.25, -0.2) is 8.78 Å². The Morgan fingerprint density at radius 1 is 1.29 bits per heavy atom. The molecule has 2 N–H and O–H groups in total. The molecule has 1 aromatic carbocycles. The van der Waals surface area contributed by atoms with Gasteiger partial charge in [0, 0.05) is 50.7 Å². The van der Waals surface area contributed by atoms with Crippen molar-refractivity contribution >= 4 is 22.7 Å². The van der Waals surface area contributed by atoms with Crippen molar-refractivity contribution in [1.82, 2.24) is 25.4 Å². The monoisotopic (exact) mass is 486 g/mol. The number of carbonyl (C=O) groups excluding carboxylic acids is 2. The Bertz CT molecular complexity index is 1120. The number of fused-ring (bicyclic) bond motifs is 1. The zero-order valence-corrected chi connectivity index (χ0v) is 19.3. The number of aromatic nitrogens is 1. The molecule has 11 heteroatoms. The highest BCUT2D eigenvalue weighted by atomic mass is 19.3. The van der Waals surface area contributed by atoms with Gasteiger partial charge >= 0.3 is 0 Å². The predicted octanol–water partition coefficient (Wildman–Crippen LogP) is 1.40. The summed E-state index contributed by atoms with van der Waals surface area (Å²) in [5.41, 5.74) is 0.874. The average molecular weight is 487 g/mol. The lowest BCUT2D eigenvalue weighted by atomic mass is 10.1. The lowest BCUT2D eigenvalue weighted by Gasteiger charge is -2.26. The fourth-order valence-corrected chi connectivity index (χ4v) is 4.37. The first kappa shape index (κ1) is 24.8. The summed E-state index contributed by atoms with van der Waals surface area (Å²) in [5, 5.41) is 15.4. The number of benzene rings is 1. The van der Waals surface area contributed by atoms with Crippen LogP contribution in [0.1, 0.15) is 23.2 Å². The third-order valence-electron chi connectivity index (χ3n) is 6.19. The van der Waals surface area contributed by atoms with Crippen molar-refractivity contribution in [3.8, 4) is 11.8 Å². The second kappa shape index (κ2) is 10.9. The topological polar surface area (TPSA) is 111 Å². The number of ether oxygens (including phenoxy) is 1. The maximum Gasteiger partial charge on any atom is 0.268 e. The van der Waals surface area contributed by atoms with Crippen LogP contribution in [0.5, 0.6) is 5.75 Å². The fraction of sp³-hybridized carbons (Fsp3) is 0.500. The van der Waals surface area contributed by atoms with Gasteiger partial charge in [-0.3, -0.25) is 14.6 Å². The number of alkyl halides is 2. The molecule has 9 nitrogen and oxygen atoms in total. The van der Waals surface area contributed by atoms with E-state index in [-0.39, 0.29) is 5.56 Å². The molecule has 35 heavy (non-hydrogen) atoms. The smallest absolute Gasteiger partial charge is 0.268 e. The molecule has 2 aliphatic rings. The number of likely N-dealkylation sites (tertiary alicyclic amines) is 1. The van der Waals surface area contributed by atoms with Gasteiger partial charge in [0.2, 0.25) is 5.91 Å². The number of nitrogens with zero attached hydrogens (tertiary/aromatic N) is 4. The first-order chi connectivity index (χ1) is 16.9. The van der Waals surface area contributed by atoms with E-state index < -0.39 is 43.3 Å². The fourth-order valence-electron chi connectivity index (χ4n) is 4.37. The minimum absolute atomic E-state index is 0.289. The summed E-state index contributed by atoms with van der Waals surface area (Å²) in [4.78, 5) is 32.7. The van der Waals surface area contributed by atoms with Gasteiger partial charge in [-0.15, -0.1) is 0 Å². The van der Waals surface area contributed by atoms with E-state index in [4.69, 9.17) is 10.00 Å². The van der Waals surface area contributed by atoms with E-state index in [2.05, 4.69) is 20.5 Å². The lowest BCUT2D eigenvalue weighted by Crippen LogP contribution is -2.43. The van der Waals surface area contributed by atoms with Crippen LogP contribution in [0, 0.1) is 11.3 Å². The quantitative estimate of drug-likeness (QED) is 0.543. The van der Waals surface area contributed by atoms with E-state index in [1.54, 1.807) is 24.3 Å². The highest BCUT2D eigenvalue weighted by Crippen LogP contribution is 2.31. The molecule has 2 aliphatic heterocycles. The van der Waals surface area contributed by atoms with Crippen LogP contribution in [0.4, 0.5) is 8.78 Å². The van der Waals surface area contributed by atoms with E-state index in [9.17, 15) is 18.4 Å². The molecule has 1 aromatic heterocycles. The summed E-state index contributed by atoms with van der Waals surface area (Å²) in [7, 11) is 0. The van der Waals surface area contributed by atoms with E-state index >= 15 is 0 Å². The standard InChI is InChI=1S/C24H28F2N6O3/c25-24(26)13-17(14-27)32(16-24)22(33)15-30-23(34)19-4-5-29-21-3-2-18(12-20(19)21)35-11-1-8-31-9-6-28-7-10-31/h2-5,12,17,28H,1,6-11,13,15-16H2,(H,30,34)/t17-/m0/s1. The Morgan fingerprint density at radius 3 is 2.86 bits per heavy atom. The van der Waals surface area contributed by atoms with Crippen molar-refractivity contribution in [3.63, 3.8) is 0 Å². The molecule has 2 saturated heterocycles. The van der Waals surface area contributed by atoms with Gasteiger partial charge in [-0.1, -0.05) is 0 Å². The number of nitrogens with one attached hydrogen (secondary N) is 2. The highest BCUT2D eigenvalue weighted by molar-refractivity contribution is 6.07. The molecule has 4 rings (SSSR count). The van der Waals surface area contributed by atoms with Gasteiger partial charge in [0.05, 0.1) is 36.8 Å². The zero-order valence-electron chi connectivity index (χ0n) is 19.3. The molecule has 0 radical (unpaired) electrons. The normalized spacial score (nSPS) is 19.9. The van der Waals surface area contributed by atoms with Gasteiger partial charge in [-0.2, -0.15) is 5.26 Å². The summed E-state index contributed by atoms with van der Waals surface area (Å²) in [6, 6.07) is 7.33. The van der Waals surface area contributed by atoms with E-state index in [0.29, 0.717) is 23.3 Å². The van der Waals surface area contributed by atoms with Crippen LogP contribution in [0.15, 0.2) is 30.5 Å². The number of pyridine rings is 1. The Hall–Kier alpha value is -3.36. The van der Waals surface area contributed by atoms with Crippen molar-refractivity contribution < 1.29 is 23.1 Å². The molecule has 0 spiro atoms. The van der Waals surface area contributed by atoms with Crippen molar-refractivity contribution in [2.45, 2.75) is 24.8 Å². The second-order valence-corrected chi connectivity index (χ2v) is 8.74. The second-order valence-electron chi connectivity index (χ2n) is 8.74. The summed E-state index contributed by atoms with van der Waals surface area (Å²) in [5.74, 6) is -3.77. The van der Waals surface area contributed by atoms with Crippen LogP contribution in [0.2, 0.25) is 0 Å². The van der Waals surface area contributed by atoms with Gasteiger partial charge in [0.15, 0.2) is 0 Å². The molecule has 2 aromatic rings. The lowest BCUT2D eigenvalue weighted by molar-refractivity contribution is -0.131. The number of carbonyl (C=O) groups is 2. The summed E-state index contributed by atoms with van der Waals surface area (Å²) < 4.78 is 33.1. The van der Waals surface area contributed by atoms with Gasteiger partial charge in [-0.05, 0) is 30.7 Å². The van der Waals surface area contributed by atoms with E-state index in [1.165, 1.54) is 12.3 Å². The van der Waals surface area contributed by atoms with E-state index in [0.717, 1.165) is 44.0 Å². The van der Waals surface area contributed by atoms with Gasteiger partial charge in [0.25, 0.3) is 11.8 Å². The first-order valence-electron chi connectivity index (χ1n) is 11.7. The van der Waals surface area contributed by atoms with Crippen LogP contribution < -0.4 is 15.4 Å². The molecule has 2 amide bonds. The van der Waals surface area contributed by atoms with Crippen molar-refractivity contribution in [3.05, 3.63) is 36.0 Å². The van der Waals surface area contributed by atoms with Crippen LogP contribution in [-0.2, 0) is 4.79 Å². The maximum atomic E-state index is 13.6. The summed E-state index contributed by atoms with van der Waals surface area (Å²) >= 11 is 0. The van der Waals surface area contributed by atoms with Crippen LogP contribution >= 0.6 is 0 Å². The largest absolute Gasteiger partial charge is 0.494 e. The minimum Gasteiger partial charge on any atom is -0.494 e. The number of amides is 2. The zero-order chi connectivity index (χ0) is 24.8. The van der Waals surface area contributed by atoms with Crippen molar-refractivity contribution in [1.29, 1.82) is 5.26 Å². The van der Waals surface area contributed by atoms with E-state index in [1.807, 2.05) is 0 Å². The van der Waals surface area contributed by atoms with Crippen LogP contribution in [-0.4, -0.2) is 91.0 Å². The molecule has 186 valence electrons. The highest BCUT2D eigenvalue weighted by Gasteiger charge is 2.47. The minimum atomic E-state index is -3.11. The Labute approximate surface area is 202 Å². The number of piperazine rings is 1. The molecule has 2 fully saturated rings. The Morgan fingerprint density at radius 2 is 2.09 bits per heavy atom. The van der Waals surface area contributed by atoms with Gasteiger partial charge in [0.1, 0.15) is 11.8 Å². The molecule has 0 aliphatic carbocycles. The van der Waals surface area contributed by atoms with Crippen molar-refractivity contribution in [2.75, 3.05) is 52.4 Å². The Kier molecular flexibility index (Phi) is 7.73. The van der Waals surface area contributed by atoms with Gasteiger partial charge < -0.3 is 25.2 Å². The predicted molar refractivity (Wildman–Crippen MR) is 124 cm³/mol. The molecule has 0 bridgehead atoms. The summed E-state index contributed by atoms with van der Waals surface area (Å²) in [6.45, 7) is 4.23. The third-order valence-corrected chi connectivity index (χ3v) is 6.19. The molecular formula is C24H28F2N6O3. The number of nitriles is 1. The molecular weight excluding hydrogens is 458 g/mol. The first-order valence-corrected chi connectivity index (χ1v) is 11.7. The maximum absolute atomic E-state index is 13.6. The molecule has 1 atom stereocenters. The molecule has 0 unspecified atom stereocenters.